The Kier molecular flexibility index (Phi) is 4.72. The summed E-state index contributed by atoms with van der Waals surface area (Å²) >= 11 is 3.35. The molecule has 1 aromatic heterocycles. The molecule has 7 heteroatoms. The first kappa shape index (κ1) is 14.9. The molecule has 0 atom stereocenters. The summed E-state index contributed by atoms with van der Waals surface area (Å²) in [6.07, 6.45) is -1.07. The molecule has 0 saturated carbocycles. The zero-order valence-corrected chi connectivity index (χ0v) is 12.1. The predicted octanol–water partition coefficient (Wildman–Crippen LogP) is 2.64. The number of aliphatic hydroxyl groups excluding tert-OH is 1. The van der Waals surface area contributed by atoms with Crippen LogP contribution in [-0.2, 0) is 0 Å². The number of nitrogen functional groups attached to an aromatic ring is 1. The minimum atomic E-state index is -2.52. The van der Waals surface area contributed by atoms with Gasteiger partial charge in [-0.1, -0.05) is 15.9 Å². The Hall–Kier alpha value is -1.47. The van der Waals surface area contributed by atoms with Crippen molar-refractivity contribution in [1.82, 2.24) is 4.98 Å². The Morgan fingerprint density at radius 3 is 2.80 bits per heavy atom. The number of rotatable bonds is 5. The van der Waals surface area contributed by atoms with E-state index in [4.69, 9.17) is 10.8 Å². The van der Waals surface area contributed by atoms with E-state index in [-0.39, 0.29) is 13.2 Å². The van der Waals surface area contributed by atoms with Crippen LogP contribution in [0.4, 0.5) is 20.2 Å². The van der Waals surface area contributed by atoms with E-state index in [0.29, 0.717) is 22.3 Å². The van der Waals surface area contributed by atoms with E-state index in [9.17, 15) is 8.78 Å². The summed E-state index contributed by atoms with van der Waals surface area (Å²) in [5, 5.41) is 9.75. The Morgan fingerprint density at radius 1 is 1.40 bits per heavy atom. The minimum absolute atomic E-state index is 0.0835. The van der Waals surface area contributed by atoms with Crippen molar-refractivity contribution in [2.75, 3.05) is 30.3 Å². The Morgan fingerprint density at radius 2 is 2.15 bits per heavy atom. The number of alkyl halides is 2. The maximum absolute atomic E-state index is 12.7. The molecule has 0 aliphatic carbocycles. The van der Waals surface area contributed by atoms with Crippen LogP contribution in [0.1, 0.15) is 0 Å². The molecule has 0 spiro atoms. The number of aromatic nitrogens is 1. The lowest BCUT2D eigenvalue weighted by molar-refractivity contribution is 0.153. The summed E-state index contributed by atoms with van der Waals surface area (Å²) in [4.78, 5) is 5.57. The lowest BCUT2D eigenvalue weighted by atomic mass is 10.1. The molecule has 0 aliphatic heterocycles. The number of aliphatic hydroxyl groups is 1. The standard InChI is InChI=1S/C13H14BrF2N3O/c14-8-1-2-11-9(5-8)13(10(17)6-18-11)19(3-4-20)7-12(15)16/h1-2,5-6,12,20H,3-4,7,17H2. The van der Waals surface area contributed by atoms with Gasteiger partial charge in [0, 0.05) is 16.4 Å². The second-order valence-corrected chi connectivity index (χ2v) is 5.20. The Bertz CT molecular complexity index is 604. The summed E-state index contributed by atoms with van der Waals surface area (Å²) in [6, 6.07) is 5.38. The highest BCUT2D eigenvalue weighted by molar-refractivity contribution is 9.10. The number of hydrogen-bond donors (Lipinski definition) is 2. The minimum Gasteiger partial charge on any atom is -0.396 e. The van der Waals surface area contributed by atoms with E-state index in [0.717, 1.165) is 4.47 Å². The van der Waals surface area contributed by atoms with Gasteiger partial charge in [0.2, 0.25) is 0 Å². The number of pyridine rings is 1. The van der Waals surface area contributed by atoms with Crippen LogP contribution in [0.3, 0.4) is 0 Å². The van der Waals surface area contributed by atoms with Crippen LogP contribution in [0.5, 0.6) is 0 Å². The predicted molar refractivity (Wildman–Crippen MR) is 79.2 cm³/mol. The summed E-state index contributed by atoms with van der Waals surface area (Å²) in [5.74, 6) is 0. The molecule has 0 radical (unpaired) electrons. The number of fused-ring (bicyclic) bond motifs is 1. The second kappa shape index (κ2) is 6.32. The first-order valence-electron chi connectivity index (χ1n) is 6.00. The molecular formula is C13H14BrF2N3O. The fraction of sp³-hybridized carbons (Fsp3) is 0.308. The Balaban J connectivity index is 2.59. The SMILES string of the molecule is Nc1cnc2ccc(Br)cc2c1N(CCO)CC(F)F. The molecule has 0 saturated heterocycles. The maximum Gasteiger partial charge on any atom is 0.255 e. The molecular weight excluding hydrogens is 332 g/mol. The molecule has 3 N–H and O–H groups in total. The van der Waals surface area contributed by atoms with Gasteiger partial charge in [0.25, 0.3) is 6.43 Å². The zero-order chi connectivity index (χ0) is 14.7. The molecule has 2 aromatic rings. The fourth-order valence-corrected chi connectivity index (χ4v) is 2.46. The topological polar surface area (TPSA) is 62.4 Å². The van der Waals surface area contributed by atoms with Crippen LogP contribution in [0.15, 0.2) is 28.9 Å². The average molecular weight is 346 g/mol. The highest BCUT2D eigenvalue weighted by Crippen LogP contribution is 2.33. The molecule has 0 amide bonds. The second-order valence-electron chi connectivity index (χ2n) is 4.28. The third-order valence-electron chi connectivity index (χ3n) is 2.87. The first-order valence-corrected chi connectivity index (χ1v) is 6.80. The van der Waals surface area contributed by atoms with Crippen LogP contribution in [-0.4, -0.2) is 36.2 Å². The van der Waals surface area contributed by atoms with Crippen molar-refractivity contribution in [1.29, 1.82) is 0 Å². The van der Waals surface area contributed by atoms with E-state index in [2.05, 4.69) is 20.9 Å². The maximum atomic E-state index is 12.7. The fourth-order valence-electron chi connectivity index (χ4n) is 2.10. The van der Waals surface area contributed by atoms with E-state index < -0.39 is 13.0 Å². The number of nitrogens with two attached hydrogens (primary N) is 1. The molecule has 108 valence electrons. The van der Waals surface area contributed by atoms with Crippen LogP contribution < -0.4 is 10.6 Å². The van der Waals surface area contributed by atoms with Gasteiger partial charge in [0.15, 0.2) is 0 Å². The van der Waals surface area contributed by atoms with Crippen molar-refractivity contribution in [2.24, 2.45) is 0 Å². The molecule has 0 aliphatic rings. The van der Waals surface area contributed by atoms with E-state index >= 15 is 0 Å². The monoisotopic (exact) mass is 345 g/mol. The van der Waals surface area contributed by atoms with Crippen molar-refractivity contribution in [3.05, 3.63) is 28.9 Å². The van der Waals surface area contributed by atoms with Crippen LogP contribution in [0.25, 0.3) is 10.9 Å². The van der Waals surface area contributed by atoms with Crippen molar-refractivity contribution in [3.63, 3.8) is 0 Å². The highest BCUT2D eigenvalue weighted by atomic mass is 79.9. The zero-order valence-electron chi connectivity index (χ0n) is 10.6. The van der Waals surface area contributed by atoms with Gasteiger partial charge >= 0.3 is 0 Å². The van der Waals surface area contributed by atoms with Gasteiger partial charge in [0.1, 0.15) is 0 Å². The molecule has 0 fully saturated rings. The van der Waals surface area contributed by atoms with Gasteiger partial charge in [-0.15, -0.1) is 0 Å². The number of halogens is 3. The summed E-state index contributed by atoms with van der Waals surface area (Å²) in [6.45, 7) is -0.638. The van der Waals surface area contributed by atoms with Gasteiger partial charge in [-0.05, 0) is 18.2 Å². The van der Waals surface area contributed by atoms with Gasteiger partial charge in [0.05, 0.1) is 36.2 Å². The third-order valence-corrected chi connectivity index (χ3v) is 3.37. The summed E-state index contributed by atoms with van der Waals surface area (Å²) in [5.41, 5.74) is 7.35. The molecule has 2 rings (SSSR count). The molecule has 0 unspecified atom stereocenters. The number of nitrogens with zero attached hydrogens (tertiary/aromatic N) is 2. The van der Waals surface area contributed by atoms with Crippen LogP contribution in [0, 0.1) is 0 Å². The summed E-state index contributed by atoms with van der Waals surface area (Å²) in [7, 11) is 0. The molecule has 20 heavy (non-hydrogen) atoms. The van der Waals surface area contributed by atoms with E-state index in [1.165, 1.54) is 11.1 Å². The van der Waals surface area contributed by atoms with Crippen molar-refractivity contribution < 1.29 is 13.9 Å². The van der Waals surface area contributed by atoms with Crippen molar-refractivity contribution in [3.8, 4) is 0 Å². The van der Waals surface area contributed by atoms with Gasteiger partial charge in [-0.25, -0.2) is 8.78 Å². The largest absolute Gasteiger partial charge is 0.396 e. The molecule has 4 nitrogen and oxygen atoms in total. The number of hydrogen-bond acceptors (Lipinski definition) is 4. The van der Waals surface area contributed by atoms with Gasteiger partial charge < -0.3 is 15.7 Å². The number of anilines is 2. The third kappa shape index (κ3) is 3.16. The quantitative estimate of drug-likeness (QED) is 0.874. The van der Waals surface area contributed by atoms with E-state index in [1.807, 2.05) is 6.07 Å². The molecule has 0 bridgehead atoms. The van der Waals surface area contributed by atoms with Crippen LogP contribution >= 0.6 is 15.9 Å². The van der Waals surface area contributed by atoms with Crippen molar-refractivity contribution >= 4 is 38.2 Å². The highest BCUT2D eigenvalue weighted by Gasteiger charge is 2.18. The number of benzene rings is 1. The van der Waals surface area contributed by atoms with Gasteiger partial charge in [-0.3, -0.25) is 4.98 Å². The van der Waals surface area contributed by atoms with Gasteiger partial charge in [-0.2, -0.15) is 0 Å². The lowest BCUT2D eigenvalue weighted by Gasteiger charge is -2.26. The smallest absolute Gasteiger partial charge is 0.255 e. The average Bonchev–Trinajstić information content (AvgIpc) is 2.37. The first-order chi connectivity index (χ1) is 9.52. The van der Waals surface area contributed by atoms with Crippen LogP contribution in [0.2, 0.25) is 0 Å². The molecule has 1 aromatic carbocycles. The Labute approximate surface area is 123 Å². The van der Waals surface area contributed by atoms with Crippen molar-refractivity contribution in [2.45, 2.75) is 6.43 Å². The van der Waals surface area contributed by atoms with E-state index in [1.54, 1.807) is 12.1 Å². The molecule has 1 heterocycles. The summed E-state index contributed by atoms with van der Waals surface area (Å²) < 4.78 is 26.2. The normalized spacial score (nSPS) is 11.2. The lowest BCUT2D eigenvalue weighted by Crippen LogP contribution is -2.32.